The van der Waals surface area contributed by atoms with E-state index in [1.807, 2.05) is 0 Å². The number of ether oxygens (including phenoxy) is 1. The molecule has 0 unspecified atom stereocenters. The molecule has 1 aromatic rings. The number of nitro groups is 1. The van der Waals surface area contributed by atoms with Crippen LogP contribution in [0, 0.1) is 17.0 Å². The van der Waals surface area contributed by atoms with Crippen LogP contribution in [0.1, 0.15) is 12.0 Å². The molecule has 4 nitrogen and oxygen atoms in total. The van der Waals surface area contributed by atoms with Gasteiger partial charge in [-0.05, 0) is 18.9 Å². The van der Waals surface area contributed by atoms with Crippen LogP contribution in [0.25, 0.3) is 0 Å². The molecule has 0 aliphatic rings. The van der Waals surface area contributed by atoms with Crippen LogP contribution >= 0.6 is 11.6 Å². The van der Waals surface area contributed by atoms with Gasteiger partial charge in [0.15, 0.2) is 5.75 Å². The van der Waals surface area contributed by atoms with E-state index in [2.05, 4.69) is 0 Å². The Morgan fingerprint density at radius 2 is 2.27 bits per heavy atom. The van der Waals surface area contributed by atoms with Gasteiger partial charge in [-0.25, -0.2) is 0 Å². The lowest BCUT2D eigenvalue weighted by atomic mass is 10.2. The van der Waals surface area contributed by atoms with E-state index in [4.69, 9.17) is 16.3 Å². The van der Waals surface area contributed by atoms with Gasteiger partial charge in [-0.1, -0.05) is 12.1 Å². The van der Waals surface area contributed by atoms with Gasteiger partial charge in [-0.3, -0.25) is 10.1 Å². The van der Waals surface area contributed by atoms with Gasteiger partial charge in [-0.2, -0.15) is 0 Å². The van der Waals surface area contributed by atoms with E-state index in [-0.39, 0.29) is 5.69 Å². The van der Waals surface area contributed by atoms with Crippen LogP contribution in [-0.2, 0) is 0 Å². The predicted octanol–water partition coefficient (Wildman–Crippen LogP) is 2.91. The van der Waals surface area contributed by atoms with E-state index >= 15 is 0 Å². The van der Waals surface area contributed by atoms with Gasteiger partial charge in [0.1, 0.15) is 0 Å². The zero-order valence-electron chi connectivity index (χ0n) is 8.40. The lowest BCUT2D eigenvalue weighted by molar-refractivity contribution is -0.385. The minimum atomic E-state index is -0.441. The SMILES string of the molecule is Cc1cccc([N+](=O)[O-])c1OCCCCl. The number of halogens is 1. The molecule has 0 bridgehead atoms. The molecule has 15 heavy (non-hydrogen) atoms. The molecule has 0 radical (unpaired) electrons. The molecule has 0 fully saturated rings. The zero-order valence-corrected chi connectivity index (χ0v) is 9.16. The number of hydrogen-bond acceptors (Lipinski definition) is 3. The lowest BCUT2D eigenvalue weighted by Gasteiger charge is -2.08. The summed E-state index contributed by atoms with van der Waals surface area (Å²) >= 11 is 5.50. The molecular formula is C10H12ClNO3. The van der Waals surface area contributed by atoms with E-state index in [9.17, 15) is 10.1 Å². The summed E-state index contributed by atoms with van der Waals surface area (Å²) < 4.78 is 5.34. The molecule has 1 rings (SSSR count). The summed E-state index contributed by atoms with van der Waals surface area (Å²) in [7, 11) is 0. The normalized spacial score (nSPS) is 10.0. The number of hydrogen-bond donors (Lipinski definition) is 0. The van der Waals surface area contributed by atoms with Crippen molar-refractivity contribution in [3.05, 3.63) is 33.9 Å². The molecule has 1 aromatic carbocycles. The zero-order chi connectivity index (χ0) is 11.3. The number of rotatable bonds is 5. The summed E-state index contributed by atoms with van der Waals surface area (Å²) in [5, 5.41) is 10.7. The fourth-order valence-corrected chi connectivity index (χ4v) is 1.31. The van der Waals surface area contributed by atoms with Crippen LogP contribution in [0.4, 0.5) is 5.69 Å². The maximum Gasteiger partial charge on any atom is 0.311 e. The smallest absolute Gasteiger partial charge is 0.311 e. The Balaban J connectivity index is 2.87. The Morgan fingerprint density at radius 1 is 1.53 bits per heavy atom. The van der Waals surface area contributed by atoms with Crippen LogP contribution in [0.3, 0.4) is 0 Å². The Labute approximate surface area is 93.0 Å². The maximum atomic E-state index is 10.7. The highest BCUT2D eigenvalue weighted by atomic mass is 35.5. The van der Waals surface area contributed by atoms with E-state index in [1.165, 1.54) is 6.07 Å². The topological polar surface area (TPSA) is 52.4 Å². The van der Waals surface area contributed by atoms with Crippen LogP contribution in [0.5, 0.6) is 5.75 Å². The molecule has 0 amide bonds. The molecule has 0 saturated heterocycles. The van der Waals surface area contributed by atoms with Crippen LogP contribution in [0.15, 0.2) is 18.2 Å². The van der Waals surface area contributed by atoms with Gasteiger partial charge in [0.05, 0.1) is 11.5 Å². The van der Waals surface area contributed by atoms with Gasteiger partial charge in [0.2, 0.25) is 0 Å². The first-order valence-electron chi connectivity index (χ1n) is 4.59. The van der Waals surface area contributed by atoms with E-state index in [0.29, 0.717) is 24.7 Å². The summed E-state index contributed by atoms with van der Waals surface area (Å²) in [5.74, 6) is 0.826. The third-order valence-corrected chi connectivity index (χ3v) is 2.18. The Morgan fingerprint density at radius 3 is 2.87 bits per heavy atom. The van der Waals surface area contributed by atoms with Crippen molar-refractivity contribution in [1.82, 2.24) is 0 Å². The minimum Gasteiger partial charge on any atom is -0.487 e. The van der Waals surface area contributed by atoms with Crippen molar-refractivity contribution in [2.24, 2.45) is 0 Å². The molecule has 0 heterocycles. The van der Waals surface area contributed by atoms with E-state index in [0.717, 1.165) is 5.56 Å². The molecule has 0 aliphatic carbocycles. The number of benzene rings is 1. The Kier molecular flexibility index (Phi) is 4.37. The van der Waals surface area contributed by atoms with Crippen LogP contribution in [0.2, 0.25) is 0 Å². The quantitative estimate of drug-likeness (QED) is 0.338. The number of nitro benzene ring substituents is 1. The van der Waals surface area contributed by atoms with Crippen molar-refractivity contribution in [3.8, 4) is 5.75 Å². The van der Waals surface area contributed by atoms with Crippen molar-refractivity contribution in [1.29, 1.82) is 0 Å². The van der Waals surface area contributed by atoms with Gasteiger partial charge in [0.25, 0.3) is 0 Å². The molecular weight excluding hydrogens is 218 g/mol. The van der Waals surface area contributed by atoms with Gasteiger partial charge in [0, 0.05) is 11.9 Å². The fourth-order valence-electron chi connectivity index (χ4n) is 1.20. The van der Waals surface area contributed by atoms with Gasteiger partial charge < -0.3 is 4.74 Å². The summed E-state index contributed by atoms with van der Waals surface area (Å²) in [5.41, 5.74) is 0.767. The molecule has 0 aromatic heterocycles. The average Bonchev–Trinajstić information content (AvgIpc) is 2.20. The number of alkyl halides is 1. The molecule has 0 atom stereocenters. The van der Waals surface area contributed by atoms with Crippen molar-refractivity contribution in [3.63, 3.8) is 0 Å². The second-order valence-electron chi connectivity index (χ2n) is 3.07. The van der Waals surface area contributed by atoms with Crippen molar-refractivity contribution >= 4 is 17.3 Å². The highest BCUT2D eigenvalue weighted by molar-refractivity contribution is 6.17. The Bertz CT molecular complexity index is 355. The van der Waals surface area contributed by atoms with Gasteiger partial charge >= 0.3 is 5.69 Å². The van der Waals surface area contributed by atoms with Crippen molar-refractivity contribution in [2.75, 3.05) is 12.5 Å². The monoisotopic (exact) mass is 229 g/mol. The first-order chi connectivity index (χ1) is 7.16. The minimum absolute atomic E-state index is 0.00423. The van der Waals surface area contributed by atoms with E-state index in [1.54, 1.807) is 19.1 Å². The summed E-state index contributed by atoms with van der Waals surface area (Å²) in [6.07, 6.45) is 0.674. The van der Waals surface area contributed by atoms with E-state index < -0.39 is 4.92 Å². The molecule has 0 N–H and O–H groups in total. The second-order valence-corrected chi connectivity index (χ2v) is 3.45. The number of nitrogens with zero attached hydrogens (tertiary/aromatic N) is 1. The first-order valence-corrected chi connectivity index (χ1v) is 5.13. The van der Waals surface area contributed by atoms with Gasteiger partial charge in [-0.15, -0.1) is 11.6 Å². The predicted molar refractivity (Wildman–Crippen MR) is 58.7 cm³/mol. The lowest BCUT2D eigenvalue weighted by Crippen LogP contribution is -2.02. The summed E-state index contributed by atoms with van der Waals surface area (Å²) in [6.45, 7) is 2.18. The molecule has 0 saturated carbocycles. The summed E-state index contributed by atoms with van der Waals surface area (Å²) in [4.78, 5) is 10.3. The summed E-state index contributed by atoms with van der Waals surface area (Å²) in [6, 6.07) is 4.86. The largest absolute Gasteiger partial charge is 0.487 e. The number of para-hydroxylation sites is 1. The third-order valence-electron chi connectivity index (χ3n) is 1.91. The molecule has 0 aliphatic heterocycles. The highest BCUT2D eigenvalue weighted by Crippen LogP contribution is 2.30. The molecule has 82 valence electrons. The average molecular weight is 230 g/mol. The highest BCUT2D eigenvalue weighted by Gasteiger charge is 2.16. The fraction of sp³-hybridized carbons (Fsp3) is 0.400. The third kappa shape index (κ3) is 3.09. The molecule has 5 heteroatoms. The van der Waals surface area contributed by atoms with Crippen LogP contribution in [-0.4, -0.2) is 17.4 Å². The Hall–Kier alpha value is -1.29. The first kappa shape index (κ1) is 11.8. The second kappa shape index (κ2) is 5.56. The maximum absolute atomic E-state index is 10.7. The molecule has 0 spiro atoms. The van der Waals surface area contributed by atoms with Crippen molar-refractivity contribution in [2.45, 2.75) is 13.3 Å². The standard InChI is InChI=1S/C10H12ClNO3/c1-8-4-2-5-9(12(13)14)10(8)15-7-3-6-11/h2,4-5H,3,6-7H2,1H3. The van der Waals surface area contributed by atoms with Crippen molar-refractivity contribution < 1.29 is 9.66 Å². The van der Waals surface area contributed by atoms with Crippen LogP contribution < -0.4 is 4.74 Å². The number of aryl methyl sites for hydroxylation is 1.